The fourth-order valence-electron chi connectivity index (χ4n) is 3.58. The molecule has 0 amide bonds. The molecule has 0 atom stereocenters. The van der Waals surface area contributed by atoms with Crippen LogP contribution < -0.4 is 0 Å². The molecule has 0 N–H and O–H groups in total. The third-order valence-corrected chi connectivity index (χ3v) is 4.75. The van der Waals surface area contributed by atoms with Gasteiger partial charge in [0.2, 0.25) is 0 Å². The number of allylic oxidation sites excluding steroid dienone is 1. The molecule has 0 radical (unpaired) electrons. The smallest absolute Gasteiger partial charge is 0.159 e. The van der Waals surface area contributed by atoms with Crippen molar-refractivity contribution in [3.8, 4) is 0 Å². The molecule has 0 saturated heterocycles. The van der Waals surface area contributed by atoms with Gasteiger partial charge in [-0.25, -0.2) is 0 Å². The van der Waals surface area contributed by atoms with Crippen LogP contribution in [0.1, 0.15) is 62.5 Å². The van der Waals surface area contributed by atoms with Crippen molar-refractivity contribution in [2.75, 3.05) is 0 Å². The number of Topliss-reactive ketones (excluding diaryl/α,β-unsaturated/α-hetero) is 1. The van der Waals surface area contributed by atoms with Crippen LogP contribution in [0.3, 0.4) is 0 Å². The van der Waals surface area contributed by atoms with Gasteiger partial charge in [-0.15, -0.1) is 5.73 Å². The van der Waals surface area contributed by atoms with Crippen molar-refractivity contribution in [1.29, 1.82) is 0 Å². The normalized spacial score (nSPS) is 11.2. The number of ketones is 1. The van der Waals surface area contributed by atoms with Crippen LogP contribution in [0, 0.1) is 5.41 Å². The zero-order valence-corrected chi connectivity index (χ0v) is 17.5. The summed E-state index contributed by atoms with van der Waals surface area (Å²) >= 11 is 0. The maximum Gasteiger partial charge on any atom is 0.159 e. The highest BCUT2D eigenvalue weighted by Crippen LogP contribution is 2.29. The first-order valence-corrected chi connectivity index (χ1v) is 9.80. The molecule has 0 aliphatic carbocycles. The summed E-state index contributed by atoms with van der Waals surface area (Å²) in [5, 5.41) is 2.45. The molecular formula is C27H28O. The highest BCUT2D eigenvalue weighted by atomic mass is 16.1. The monoisotopic (exact) mass is 368 g/mol. The van der Waals surface area contributed by atoms with Gasteiger partial charge in [-0.3, -0.25) is 4.79 Å². The second kappa shape index (κ2) is 8.00. The Labute approximate surface area is 168 Å². The fourth-order valence-corrected chi connectivity index (χ4v) is 3.58. The van der Waals surface area contributed by atoms with Crippen LogP contribution in [-0.2, 0) is 0 Å². The molecule has 0 fully saturated rings. The van der Waals surface area contributed by atoms with Crippen molar-refractivity contribution in [2.45, 2.75) is 41.0 Å². The molecule has 0 unspecified atom stereocenters. The van der Waals surface area contributed by atoms with Crippen molar-refractivity contribution in [3.05, 3.63) is 94.7 Å². The second-order valence-electron chi connectivity index (χ2n) is 8.71. The first-order valence-electron chi connectivity index (χ1n) is 9.80. The molecule has 3 rings (SSSR count). The van der Waals surface area contributed by atoms with Crippen LogP contribution in [0.25, 0.3) is 16.3 Å². The van der Waals surface area contributed by atoms with Gasteiger partial charge in [0.15, 0.2) is 5.78 Å². The van der Waals surface area contributed by atoms with Gasteiger partial charge >= 0.3 is 0 Å². The standard InChI is InChI=1S/C27H28O/c1-19(18-27(3,4)5)16-26(23-13-10-21(11-14-23)20(2)28)25-15-12-22-8-6-7-9-24(22)17-25/h6-15,17H,18H2,1-5H3. The second-order valence-corrected chi connectivity index (χ2v) is 8.71. The zero-order chi connectivity index (χ0) is 20.3. The molecule has 3 aromatic carbocycles. The largest absolute Gasteiger partial charge is 0.295 e. The molecule has 28 heavy (non-hydrogen) atoms. The Morgan fingerprint density at radius 3 is 1.96 bits per heavy atom. The minimum Gasteiger partial charge on any atom is -0.295 e. The maximum absolute atomic E-state index is 11.7. The van der Waals surface area contributed by atoms with Crippen LogP contribution in [0.2, 0.25) is 0 Å². The molecule has 0 aliphatic rings. The average molecular weight is 369 g/mol. The highest BCUT2D eigenvalue weighted by Gasteiger charge is 2.12. The van der Waals surface area contributed by atoms with Gasteiger partial charge in [0.05, 0.1) is 0 Å². The van der Waals surface area contributed by atoms with E-state index in [0.717, 1.165) is 28.7 Å². The summed E-state index contributed by atoms with van der Waals surface area (Å²) in [4.78, 5) is 11.7. The summed E-state index contributed by atoms with van der Waals surface area (Å²) in [7, 11) is 0. The number of benzene rings is 3. The SMILES string of the molecule is CC(=O)c1ccc(C(=C=C(C)CC(C)(C)C)c2ccc3ccccc3c2)cc1. The number of fused-ring (bicyclic) bond motifs is 1. The van der Waals surface area contributed by atoms with Crippen LogP contribution in [0.4, 0.5) is 0 Å². The van der Waals surface area contributed by atoms with E-state index in [9.17, 15) is 4.79 Å². The molecular weight excluding hydrogens is 340 g/mol. The maximum atomic E-state index is 11.7. The summed E-state index contributed by atoms with van der Waals surface area (Å²) in [5.74, 6) is 0.0854. The molecule has 142 valence electrons. The van der Waals surface area contributed by atoms with Gasteiger partial charge in [0, 0.05) is 11.1 Å². The van der Waals surface area contributed by atoms with E-state index in [4.69, 9.17) is 0 Å². The predicted octanol–water partition coefficient (Wildman–Crippen LogP) is 7.46. The Morgan fingerprint density at radius 2 is 1.36 bits per heavy atom. The number of carbonyl (C=O) groups excluding carboxylic acids is 1. The lowest BCUT2D eigenvalue weighted by Crippen LogP contribution is -2.04. The molecule has 0 aromatic heterocycles. The number of hydrogen-bond donors (Lipinski definition) is 0. The first-order chi connectivity index (χ1) is 13.2. The van der Waals surface area contributed by atoms with E-state index in [2.05, 4.69) is 75.9 Å². The molecule has 0 heterocycles. The van der Waals surface area contributed by atoms with Crippen molar-refractivity contribution in [2.24, 2.45) is 5.41 Å². The molecule has 0 aliphatic heterocycles. The van der Waals surface area contributed by atoms with Crippen molar-refractivity contribution < 1.29 is 4.79 Å². The van der Waals surface area contributed by atoms with Crippen molar-refractivity contribution in [3.63, 3.8) is 0 Å². The van der Waals surface area contributed by atoms with Gasteiger partial charge < -0.3 is 0 Å². The summed E-state index contributed by atoms with van der Waals surface area (Å²) in [6, 6.07) is 22.8. The molecule has 3 aromatic rings. The van der Waals surface area contributed by atoms with Crippen LogP contribution >= 0.6 is 0 Å². The lowest BCUT2D eigenvalue weighted by Gasteiger charge is -2.17. The van der Waals surface area contributed by atoms with Gasteiger partial charge in [0.25, 0.3) is 0 Å². The van der Waals surface area contributed by atoms with Crippen molar-refractivity contribution >= 4 is 22.1 Å². The third-order valence-electron chi connectivity index (χ3n) is 4.75. The summed E-state index contributed by atoms with van der Waals surface area (Å²) < 4.78 is 0. The topological polar surface area (TPSA) is 17.1 Å². The van der Waals surface area contributed by atoms with Crippen LogP contribution in [0.5, 0.6) is 0 Å². The summed E-state index contributed by atoms with van der Waals surface area (Å²) in [6.07, 6.45) is 0.982. The summed E-state index contributed by atoms with van der Waals surface area (Å²) in [6.45, 7) is 10.5. The van der Waals surface area contributed by atoms with Gasteiger partial charge in [-0.2, -0.15) is 0 Å². The Bertz CT molecular complexity index is 1070. The Balaban J connectivity index is 2.18. The van der Waals surface area contributed by atoms with E-state index >= 15 is 0 Å². The number of carbonyl (C=O) groups is 1. The van der Waals surface area contributed by atoms with Crippen LogP contribution in [-0.4, -0.2) is 5.78 Å². The quantitative estimate of drug-likeness (QED) is 0.345. The number of rotatable bonds is 4. The van der Waals surface area contributed by atoms with Gasteiger partial charge in [0.1, 0.15) is 0 Å². The van der Waals surface area contributed by atoms with E-state index in [1.165, 1.54) is 16.3 Å². The van der Waals surface area contributed by atoms with E-state index in [1.807, 2.05) is 24.3 Å². The minimum absolute atomic E-state index is 0.0854. The molecule has 1 nitrogen and oxygen atoms in total. The Morgan fingerprint density at radius 1 is 0.786 bits per heavy atom. The van der Waals surface area contributed by atoms with Crippen molar-refractivity contribution in [1.82, 2.24) is 0 Å². The lowest BCUT2D eigenvalue weighted by atomic mass is 9.87. The lowest BCUT2D eigenvalue weighted by molar-refractivity contribution is 0.101. The van der Waals surface area contributed by atoms with E-state index < -0.39 is 0 Å². The fraction of sp³-hybridized carbons (Fsp3) is 0.259. The number of hydrogen-bond acceptors (Lipinski definition) is 1. The van der Waals surface area contributed by atoms with Gasteiger partial charge in [-0.05, 0) is 59.2 Å². The minimum atomic E-state index is 0.0854. The average Bonchev–Trinajstić information content (AvgIpc) is 2.64. The molecule has 0 spiro atoms. The molecule has 1 heteroatoms. The Kier molecular flexibility index (Phi) is 5.68. The highest BCUT2D eigenvalue weighted by molar-refractivity contribution is 5.95. The van der Waals surface area contributed by atoms with Gasteiger partial charge in [-0.1, -0.05) is 81.4 Å². The van der Waals surface area contributed by atoms with E-state index in [1.54, 1.807) is 6.92 Å². The first kappa shape index (κ1) is 19.9. The zero-order valence-electron chi connectivity index (χ0n) is 17.5. The molecule has 0 saturated carbocycles. The predicted molar refractivity (Wildman–Crippen MR) is 120 cm³/mol. The van der Waals surface area contributed by atoms with E-state index in [-0.39, 0.29) is 11.2 Å². The molecule has 0 bridgehead atoms. The van der Waals surface area contributed by atoms with E-state index in [0.29, 0.717) is 0 Å². The summed E-state index contributed by atoms with van der Waals surface area (Å²) in [5.41, 5.74) is 9.13. The Hall–Kier alpha value is -2.89. The third kappa shape index (κ3) is 4.88. The van der Waals surface area contributed by atoms with Crippen LogP contribution in [0.15, 0.2) is 78.0 Å².